The van der Waals surface area contributed by atoms with E-state index >= 15 is 0 Å². The van der Waals surface area contributed by atoms with Crippen LogP contribution in [0.2, 0.25) is 0 Å². The second-order valence-corrected chi connectivity index (χ2v) is 8.69. The third-order valence-electron chi connectivity index (χ3n) is 6.66. The normalized spacial score (nSPS) is 25.6. The minimum Gasteiger partial charge on any atom is -0.481 e. The van der Waals surface area contributed by atoms with E-state index in [2.05, 4.69) is 66.9 Å². The van der Waals surface area contributed by atoms with Crippen molar-refractivity contribution in [2.75, 3.05) is 0 Å². The van der Waals surface area contributed by atoms with E-state index in [1.807, 2.05) is 6.08 Å². The summed E-state index contributed by atoms with van der Waals surface area (Å²) in [6.07, 6.45) is 12.5. The lowest BCUT2D eigenvalue weighted by Crippen LogP contribution is -2.37. The van der Waals surface area contributed by atoms with Crippen LogP contribution < -0.4 is 5.32 Å². The number of rotatable bonds is 6. The Balaban J connectivity index is 1.38. The minimum absolute atomic E-state index is 0.139. The van der Waals surface area contributed by atoms with Gasteiger partial charge in [-0.2, -0.15) is 0 Å². The first-order valence-corrected chi connectivity index (χ1v) is 10.9. The summed E-state index contributed by atoms with van der Waals surface area (Å²) in [5, 5.41) is 15.5. The highest BCUT2D eigenvalue weighted by atomic mass is 16.4. The third kappa shape index (κ3) is 4.79. The molecule has 0 bridgehead atoms. The number of fused-ring (bicyclic) bond motifs is 1. The predicted octanol–water partition coefficient (Wildman–Crippen LogP) is 6.03. The Bertz CT molecular complexity index is 924. The molecular weight excluding hydrogens is 358 g/mol. The van der Waals surface area contributed by atoms with Gasteiger partial charge in [-0.15, -0.1) is 0 Å². The molecule has 0 heterocycles. The van der Waals surface area contributed by atoms with Gasteiger partial charge in [0.1, 0.15) is 0 Å². The van der Waals surface area contributed by atoms with Gasteiger partial charge in [0.15, 0.2) is 0 Å². The lowest BCUT2D eigenvalue weighted by molar-refractivity contribution is -0.136. The summed E-state index contributed by atoms with van der Waals surface area (Å²) in [7, 11) is 0. The molecular formula is C26H31NO2. The molecule has 2 aromatic carbocycles. The summed E-state index contributed by atoms with van der Waals surface area (Å²) in [4.78, 5) is 10.9. The molecule has 0 aromatic heterocycles. The van der Waals surface area contributed by atoms with Gasteiger partial charge in [0, 0.05) is 12.1 Å². The minimum atomic E-state index is -0.747. The smallest absolute Gasteiger partial charge is 0.307 e. The Kier molecular flexibility index (Phi) is 6.15. The summed E-state index contributed by atoms with van der Waals surface area (Å²) in [6, 6.07) is 16.1. The Labute approximate surface area is 173 Å². The number of hydrogen-bond acceptors (Lipinski definition) is 2. The van der Waals surface area contributed by atoms with Crippen LogP contribution in [0.5, 0.6) is 0 Å². The lowest BCUT2D eigenvalue weighted by Gasteiger charge is -2.36. The molecule has 4 rings (SSSR count). The predicted molar refractivity (Wildman–Crippen MR) is 119 cm³/mol. The number of hydrogen-bond donors (Lipinski definition) is 2. The number of carboxylic acids is 1. The van der Waals surface area contributed by atoms with Gasteiger partial charge in [-0.1, -0.05) is 67.1 Å². The number of benzene rings is 2. The summed E-state index contributed by atoms with van der Waals surface area (Å²) < 4.78 is 0. The number of allylic oxidation sites excluding steroid dienone is 3. The van der Waals surface area contributed by atoms with Crippen molar-refractivity contribution in [2.24, 2.45) is 11.8 Å². The maximum Gasteiger partial charge on any atom is 0.307 e. The van der Waals surface area contributed by atoms with Crippen LogP contribution in [0.15, 0.2) is 66.3 Å². The molecule has 1 fully saturated rings. The van der Waals surface area contributed by atoms with E-state index in [1.165, 1.54) is 42.0 Å². The maximum absolute atomic E-state index is 10.9. The first-order valence-electron chi connectivity index (χ1n) is 10.9. The van der Waals surface area contributed by atoms with Crippen molar-refractivity contribution < 1.29 is 9.90 Å². The van der Waals surface area contributed by atoms with Crippen molar-refractivity contribution >= 4 is 16.7 Å². The second kappa shape index (κ2) is 8.96. The third-order valence-corrected chi connectivity index (χ3v) is 6.66. The van der Waals surface area contributed by atoms with E-state index in [-0.39, 0.29) is 6.42 Å². The molecule has 3 nitrogen and oxygen atoms in total. The molecule has 29 heavy (non-hydrogen) atoms. The zero-order valence-electron chi connectivity index (χ0n) is 17.2. The Morgan fingerprint density at radius 3 is 2.79 bits per heavy atom. The monoisotopic (exact) mass is 389 g/mol. The van der Waals surface area contributed by atoms with E-state index in [0.717, 1.165) is 12.0 Å². The van der Waals surface area contributed by atoms with Gasteiger partial charge in [-0.25, -0.2) is 0 Å². The van der Waals surface area contributed by atoms with Gasteiger partial charge < -0.3 is 10.4 Å². The highest BCUT2D eigenvalue weighted by Crippen LogP contribution is 2.36. The summed E-state index contributed by atoms with van der Waals surface area (Å²) in [5.74, 6) is 0.480. The van der Waals surface area contributed by atoms with Crippen LogP contribution in [0, 0.1) is 11.8 Å². The molecule has 2 aliphatic rings. The summed E-state index contributed by atoms with van der Waals surface area (Å²) in [5.41, 5.74) is 2.33. The molecule has 0 aliphatic heterocycles. The van der Waals surface area contributed by atoms with Crippen molar-refractivity contribution in [2.45, 2.75) is 57.5 Å². The quantitative estimate of drug-likeness (QED) is 0.634. The summed E-state index contributed by atoms with van der Waals surface area (Å²) >= 11 is 0. The average Bonchev–Trinajstić information content (AvgIpc) is 2.73. The second-order valence-electron chi connectivity index (χ2n) is 8.69. The fourth-order valence-electron chi connectivity index (χ4n) is 5.18. The molecule has 0 radical (unpaired) electrons. The van der Waals surface area contributed by atoms with E-state index in [9.17, 15) is 4.79 Å². The molecule has 2 aromatic rings. The first-order chi connectivity index (χ1) is 14.1. The largest absolute Gasteiger partial charge is 0.481 e. The van der Waals surface area contributed by atoms with Gasteiger partial charge >= 0.3 is 5.97 Å². The molecule has 1 saturated carbocycles. The fraction of sp³-hybridized carbons (Fsp3) is 0.423. The number of carbonyl (C=O) groups is 1. The molecule has 3 heteroatoms. The van der Waals surface area contributed by atoms with E-state index in [1.54, 1.807) is 0 Å². The highest BCUT2D eigenvalue weighted by molar-refractivity contribution is 5.86. The van der Waals surface area contributed by atoms with Crippen LogP contribution in [0.25, 0.3) is 10.8 Å². The van der Waals surface area contributed by atoms with Crippen molar-refractivity contribution in [3.63, 3.8) is 0 Å². The molecule has 0 saturated heterocycles. The van der Waals surface area contributed by atoms with Crippen LogP contribution in [-0.2, 0) is 4.79 Å². The molecule has 4 atom stereocenters. The van der Waals surface area contributed by atoms with Crippen molar-refractivity contribution in [1.29, 1.82) is 0 Å². The molecule has 0 spiro atoms. The summed E-state index contributed by atoms with van der Waals surface area (Å²) in [6.45, 7) is 2.28. The maximum atomic E-state index is 10.9. The fourth-order valence-corrected chi connectivity index (χ4v) is 5.18. The van der Waals surface area contributed by atoms with E-state index in [4.69, 9.17) is 5.11 Å². The van der Waals surface area contributed by atoms with Crippen LogP contribution in [0.3, 0.4) is 0 Å². The molecule has 2 unspecified atom stereocenters. The molecule has 2 aliphatic carbocycles. The zero-order chi connectivity index (χ0) is 20.2. The van der Waals surface area contributed by atoms with Crippen LogP contribution >= 0.6 is 0 Å². The van der Waals surface area contributed by atoms with Crippen LogP contribution in [0.1, 0.15) is 57.1 Å². The lowest BCUT2D eigenvalue weighted by atomic mass is 9.74. The number of carboxylic acid groups (broad SMARTS) is 1. The molecule has 2 N–H and O–H groups in total. The first kappa shape index (κ1) is 19.9. The Hall–Kier alpha value is -2.39. The average molecular weight is 390 g/mol. The Morgan fingerprint density at radius 1 is 1.17 bits per heavy atom. The van der Waals surface area contributed by atoms with Crippen LogP contribution in [-0.4, -0.2) is 17.1 Å². The Morgan fingerprint density at radius 2 is 2.00 bits per heavy atom. The number of aliphatic carboxylic acids is 1. The van der Waals surface area contributed by atoms with Gasteiger partial charge in [0.2, 0.25) is 0 Å². The van der Waals surface area contributed by atoms with E-state index < -0.39 is 5.97 Å². The van der Waals surface area contributed by atoms with Gasteiger partial charge in [0.25, 0.3) is 0 Å². The van der Waals surface area contributed by atoms with Crippen LogP contribution in [0.4, 0.5) is 0 Å². The van der Waals surface area contributed by atoms with Gasteiger partial charge in [-0.05, 0) is 66.4 Å². The van der Waals surface area contributed by atoms with E-state index in [0.29, 0.717) is 23.9 Å². The topological polar surface area (TPSA) is 49.3 Å². The highest BCUT2D eigenvalue weighted by Gasteiger charge is 2.28. The standard InChI is InChI=1S/C26H31NO2/c1-18(24-11-5-7-21-6-2-3-10-25(21)24)27-23-9-4-8-22(17-23)20-14-12-19(13-15-20)16-26(28)29/h2-3,5-7,10-14,18,20,22-23,27H,4,8-9,15-17H2,1H3,(H,28,29)/t18-,20?,22+,23?/m1/s1. The van der Waals surface area contributed by atoms with Crippen molar-refractivity contribution in [3.05, 3.63) is 71.8 Å². The van der Waals surface area contributed by atoms with Gasteiger partial charge in [-0.3, -0.25) is 4.79 Å². The molecule has 0 amide bonds. The zero-order valence-corrected chi connectivity index (χ0v) is 17.2. The number of nitrogens with one attached hydrogen (secondary N) is 1. The van der Waals surface area contributed by atoms with Crippen molar-refractivity contribution in [3.8, 4) is 0 Å². The van der Waals surface area contributed by atoms with Crippen molar-refractivity contribution in [1.82, 2.24) is 5.32 Å². The van der Waals surface area contributed by atoms with Gasteiger partial charge in [0.05, 0.1) is 6.42 Å². The molecule has 152 valence electrons. The SMILES string of the molecule is C[C@@H](NC1CCC[C@H](C2C=CC(CC(=O)O)=CC2)C1)c1cccc2ccccc12.